The Hall–Kier alpha value is -0.230. The topological polar surface area (TPSA) is 58.5 Å². The summed E-state index contributed by atoms with van der Waals surface area (Å²) in [5.41, 5.74) is 0. The molecule has 0 amide bonds. The van der Waals surface area contributed by atoms with Gasteiger partial charge in [-0.3, -0.25) is 4.99 Å². The molecule has 0 aromatic carbocycles. The molecule has 1 aliphatic rings. The van der Waals surface area contributed by atoms with Gasteiger partial charge in [-0.25, -0.2) is 8.42 Å². The molecule has 6 heteroatoms. The second kappa shape index (κ2) is 5.91. The first-order valence-corrected chi connectivity index (χ1v) is 8.54. The van der Waals surface area contributed by atoms with Gasteiger partial charge in [0.05, 0.1) is 5.75 Å². The highest BCUT2D eigenvalue weighted by molar-refractivity contribution is 8.14. The summed E-state index contributed by atoms with van der Waals surface area (Å²) in [5.74, 6) is 1.89. The molecule has 4 nitrogen and oxygen atoms in total. The highest BCUT2D eigenvalue weighted by Crippen LogP contribution is 2.18. The van der Waals surface area contributed by atoms with Crippen molar-refractivity contribution < 1.29 is 8.42 Å². The number of hydrogen-bond acceptors (Lipinski definition) is 4. The molecule has 0 spiro atoms. The summed E-state index contributed by atoms with van der Waals surface area (Å²) >= 11 is 1.73. The lowest BCUT2D eigenvalue weighted by Gasteiger charge is -2.12. The van der Waals surface area contributed by atoms with Gasteiger partial charge in [0.2, 0.25) is 0 Å². The molecule has 94 valence electrons. The van der Waals surface area contributed by atoms with Crippen LogP contribution in [0.1, 0.15) is 20.3 Å². The average Bonchev–Trinajstić information content (AvgIpc) is 2.59. The predicted molar refractivity (Wildman–Crippen MR) is 70.8 cm³/mol. The number of thioether (sulfide) groups is 1. The summed E-state index contributed by atoms with van der Waals surface area (Å²) in [6.07, 6.45) is 1.87. The maximum Gasteiger partial charge on any atom is 0.156 e. The van der Waals surface area contributed by atoms with Crippen molar-refractivity contribution in [3.05, 3.63) is 0 Å². The number of rotatable bonds is 5. The van der Waals surface area contributed by atoms with E-state index in [9.17, 15) is 8.42 Å². The monoisotopic (exact) mass is 264 g/mol. The van der Waals surface area contributed by atoms with Crippen LogP contribution >= 0.6 is 11.8 Å². The van der Waals surface area contributed by atoms with E-state index in [0.717, 1.165) is 10.9 Å². The fourth-order valence-electron chi connectivity index (χ4n) is 1.37. The summed E-state index contributed by atoms with van der Waals surface area (Å²) in [6, 6.07) is 0.499. The minimum absolute atomic E-state index is 0.224. The number of hydrogen-bond donors (Lipinski definition) is 1. The SMILES string of the molecule is CC(C)C1CSC(=NCCCS(C)(=O)=O)N1. The molecule has 1 atom stereocenters. The number of amidine groups is 1. The van der Waals surface area contributed by atoms with Crippen LogP contribution in [0.15, 0.2) is 4.99 Å². The van der Waals surface area contributed by atoms with Gasteiger partial charge in [0.1, 0.15) is 9.84 Å². The Kier molecular flexibility index (Phi) is 5.11. The number of nitrogens with zero attached hydrogens (tertiary/aromatic N) is 1. The van der Waals surface area contributed by atoms with Gasteiger partial charge in [-0.1, -0.05) is 25.6 Å². The largest absolute Gasteiger partial charge is 0.361 e. The number of sulfone groups is 1. The van der Waals surface area contributed by atoms with Crippen molar-refractivity contribution in [1.29, 1.82) is 0 Å². The zero-order chi connectivity index (χ0) is 12.2. The van der Waals surface area contributed by atoms with Gasteiger partial charge in [0.15, 0.2) is 5.17 Å². The minimum Gasteiger partial charge on any atom is -0.361 e. The third-order valence-electron chi connectivity index (χ3n) is 2.44. The molecule has 1 N–H and O–H groups in total. The number of nitrogens with one attached hydrogen (secondary N) is 1. The molecule has 1 fully saturated rings. The summed E-state index contributed by atoms with van der Waals surface area (Å²) < 4.78 is 21.8. The van der Waals surface area contributed by atoms with Crippen molar-refractivity contribution >= 4 is 26.8 Å². The Balaban J connectivity index is 2.27. The molecule has 0 saturated carbocycles. The van der Waals surface area contributed by atoms with Crippen LogP contribution in [0.2, 0.25) is 0 Å². The van der Waals surface area contributed by atoms with Crippen molar-refractivity contribution in [1.82, 2.24) is 5.32 Å². The molecule has 16 heavy (non-hydrogen) atoms. The lowest BCUT2D eigenvalue weighted by Crippen LogP contribution is -2.31. The van der Waals surface area contributed by atoms with Gasteiger partial charge < -0.3 is 5.32 Å². The van der Waals surface area contributed by atoms with Crippen molar-refractivity contribution in [2.75, 3.05) is 24.3 Å². The van der Waals surface area contributed by atoms with E-state index in [4.69, 9.17) is 0 Å². The molecule has 1 unspecified atom stereocenters. The predicted octanol–water partition coefficient (Wildman–Crippen LogP) is 1.14. The molecular weight excluding hydrogens is 244 g/mol. The first-order valence-electron chi connectivity index (χ1n) is 5.50. The Morgan fingerprint density at radius 1 is 1.56 bits per heavy atom. The number of aliphatic imine (C=N–C) groups is 1. The van der Waals surface area contributed by atoms with E-state index in [1.807, 2.05) is 0 Å². The summed E-state index contributed by atoms with van der Waals surface area (Å²) in [7, 11) is -2.84. The highest BCUT2D eigenvalue weighted by Gasteiger charge is 2.22. The van der Waals surface area contributed by atoms with E-state index in [0.29, 0.717) is 24.9 Å². The van der Waals surface area contributed by atoms with Crippen LogP contribution in [0.4, 0.5) is 0 Å². The first-order chi connectivity index (χ1) is 7.38. The summed E-state index contributed by atoms with van der Waals surface area (Å²) in [5, 5.41) is 4.32. The van der Waals surface area contributed by atoms with Gasteiger partial charge in [-0.2, -0.15) is 0 Å². The molecule has 1 aliphatic heterocycles. The zero-order valence-electron chi connectivity index (χ0n) is 10.1. The van der Waals surface area contributed by atoms with E-state index in [-0.39, 0.29) is 5.75 Å². The lowest BCUT2D eigenvalue weighted by atomic mass is 10.1. The van der Waals surface area contributed by atoms with Crippen LogP contribution < -0.4 is 5.32 Å². The molecule has 1 rings (SSSR count). The van der Waals surface area contributed by atoms with E-state index >= 15 is 0 Å². The Morgan fingerprint density at radius 3 is 2.75 bits per heavy atom. The fraction of sp³-hybridized carbons (Fsp3) is 0.900. The van der Waals surface area contributed by atoms with Crippen LogP contribution in [-0.2, 0) is 9.84 Å². The Bertz CT molecular complexity index is 350. The van der Waals surface area contributed by atoms with Crippen molar-refractivity contribution in [3.8, 4) is 0 Å². The first kappa shape index (κ1) is 13.8. The third kappa shape index (κ3) is 5.21. The lowest BCUT2D eigenvalue weighted by molar-refractivity contribution is 0.503. The second-order valence-electron chi connectivity index (χ2n) is 4.48. The normalized spacial score (nSPS) is 24.0. The maximum atomic E-state index is 10.9. The van der Waals surface area contributed by atoms with Crippen molar-refractivity contribution in [3.63, 3.8) is 0 Å². The second-order valence-corrected chi connectivity index (χ2v) is 7.74. The standard InChI is InChI=1S/C10H20N2O2S2/c1-8(2)9-7-15-10(12-9)11-5-4-6-16(3,13)14/h8-9H,4-7H2,1-3H3,(H,11,12). The van der Waals surface area contributed by atoms with Gasteiger partial charge in [-0.05, 0) is 12.3 Å². The molecule has 0 aromatic rings. The quantitative estimate of drug-likeness (QED) is 0.757. The van der Waals surface area contributed by atoms with Crippen LogP contribution in [-0.4, -0.2) is 43.9 Å². The van der Waals surface area contributed by atoms with Crippen LogP contribution in [0, 0.1) is 5.92 Å². The summed E-state index contributed by atoms with van der Waals surface area (Å²) in [4.78, 5) is 4.36. The molecule has 1 saturated heterocycles. The maximum absolute atomic E-state index is 10.9. The molecular formula is C10H20N2O2S2. The molecule has 0 aromatic heterocycles. The van der Waals surface area contributed by atoms with Gasteiger partial charge in [0, 0.05) is 24.6 Å². The van der Waals surface area contributed by atoms with E-state index < -0.39 is 9.84 Å². The smallest absolute Gasteiger partial charge is 0.156 e. The highest BCUT2D eigenvalue weighted by atomic mass is 32.2. The van der Waals surface area contributed by atoms with Crippen molar-refractivity contribution in [2.24, 2.45) is 10.9 Å². The zero-order valence-corrected chi connectivity index (χ0v) is 11.7. The van der Waals surface area contributed by atoms with Crippen LogP contribution in [0.3, 0.4) is 0 Å². The fourth-order valence-corrected chi connectivity index (χ4v) is 3.24. The minimum atomic E-state index is -2.84. The van der Waals surface area contributed by atoms with Gasteiger partial charge >= 0.3 is 0 Å². The molecule has 1 heterocycles. The Labute approximate surface area is 102 Å². The van der Waals surface area contributed by atoms with E-state index in [1.165, 1.54) is 6.26 Å². The van der Waals surface area contributed by atoms with E-state index in [2.05, 4.69) is 24.2 Å². The van der Waals surface area contributed by atoms with Gasteiger partial charge in [0.25, 0.3) is 0 Å². The third-order valence-corrected chi connectivity index (χ3v) is 4.52. The molecule has 0 radical (unpaired) electrons. The summed E-state index contributed by atoms with van der Waals surface area (Å²) in [6.45, 7) is 4.96. The van der Waals surface area contributed by atoms with Crippen LogP contribution in [0.5, 0.6) is 0 Å². The van der Waals surface area contributed by atoms with E-state index in [1.54, 1.807) is 11.8 Å². The molecule has 0 bridgehead atoms. The molecule has 0 aliphatic carbocycles. The van der Waals surface area contributed by atoms with Crippen molar-refractivity contribution in [2.45, 2.75) is 26.3 Å². The van der Waals surface area contributed by atoms with Crippen LogP contribution in [0.25, 0.3) is 0 Å². The van der Waals surface area contributed by atoms with Gasteiger partial charge in [-0.15, -0.1) is 0 Å². The Morgan fingerprint density at radius 2 is 2.25 bits per heavy atom. The average molecular weight is 264 g/mol.